The molecule has 0 aliphatic carbocycles. The van der Waals surface area contributed by atoms with Gasteiger partial charge in [0.25, 0.3) is 0 Å². The number of benzene rings is 4. The fraction of sp³-hybridized carbons (Fsp3) is 0.125. The van der Waals surface area contributed by atoms with Gasteiger partial charge < -0.3 is 33.7 Å². The molecule has 42 heavy (non-hydrogen) atoms. The third kappa shape index (κ3) is 9.30. The molecule has 4 N–H and O–H groups in total. The molecule has 0 aromatic heterocycles. The van der Waals surface area contributed by atoms with Crippen LogP contribution in [0, 0.1) is 0 Å². The van der Waals surface area contributed by atoms with E-state index in [1.165, 1.54) is 0 Å². The molecule has 4 amide bonds. The second-order valence-electron chi connectivity index (χ2n) is 9.69. The van der Waals surface area contributed by atoms with Crippen LogP contribution in [-0.4, -0.2) is 23.6 Å². The fourth-order valence-corrected chi connectivity index (χ4v) is 4.41. The first-order valence-corrected chi connectivity index (χ1v) is 12.9. The van der Waals surface area contributed by atoms with Crippen LogP contribution in [0.15, 0.2) is 97.1 Å². The SMILES string of the molecule is O=C1CC(=O)Nc2ccc(cc2)Cc2ccc(cc2)NC(=O)CC(=O)Nc2ccc(cc2)Cc2ccc(cc2)N1.[Cl-].[Ni+2]. The van der Waals surface area contributed by atoms with Crippen molar-refractivity contribution in [2.24, 2.45) is 0 Å². The molecule has 0 atom stereocenters. The van der Waals surface area contributed by atoms with E-state index in [4.69, 9.17) is 0 Å². The summed E-state index contributed by atoms with van der Waals surface area (Å²) < 4.78 is 0. The summed E-state index contributed by atoms with van der Waals surface area (Å²) >= 11 is 0. The number of rotatable bonds is 0. The van der Waals surface area contributed by atoms with E-state index in [0.29, 0.717) is 35.6 Å². The van der Waals surface area contributed by atoms with E-state index >= 15 is 0 Å². The molecule has 10 heteroatoms. The van der Waals surface area contributed by atoms with E-state index < -0.39 is 23.6 Å². The van der Waals surface area contributed by atoms with Gasteiger partial charge in [0.1, 0.15) is 12.8 Å². The van der Waals surface area contributed by atoms with Crippen molar-refractivity contribution in [1.82, 2.24) is 0 Å². The first kappa shape index (κ1) is 32.1. The van der Waals surface area contributed by atoms with Crippen molar-refractivity contribution in [1.29, 1.82) is 0 Å². The summed E-state index contributed by atoms with van der Waals surface area (Å²) in [5, 5.41) is 11.0. The van der Waals surface area contributed by atoms with Gasteiger partial charge in [-0.1, -0.05) is 48.5 Å². The van der Waals surface area contributed by atoms with Gasteiger partial charge in [-0.25, -0.2) is 0 Å². The molecule has 7 aliphatic rings. The van der Waals surface area contributed by atoms with Crippen molar-refractivity contribution in [2.45, 2.75) is 25.7 Å². The number of amides is 4. The summed E-state index contributed by atoms with van der Waals surface area (Å²) in [6.45, 7) is 0. The van der Waals surface area contributed by atoms with Crippen LogP contribution >= 0.6 is 0 Å². The number of nitrogens with one attached hydrogen (secondary N) is 4. The molecule has 0 radical (unpaired) electrons. The van der Waals surface area contributed by atoms with Crippen molar-refractivity contribution in [3.05, 3.63) is 119 Å². The van der Waals surface area contributed by atoms with E-state index in [9.17, 15) is 19.2 Å². The van der Waals surface area contributed by atoms with Crippen LogP contribution in [-0.2, 0) is 48.5 Å². The maximum Gasteiger partial charge on any atom is 2.00 e. The second kappa shape index (κ2) is 15.0. The summed E-state index contributed by atoms with van der Waals surface area (Å²) in [4.78, 5) is 49.6. The molecular formula is C32H28ClN4NiO4+. The van der Waals surface area contributed by atoms with Gasteiger partial charge in [-0.05, 0) is 83.6 Å². The number of hydrogen-bond acceptors (Lipinski definition) is 4. The molecule has 11 rings (SSSR count). The summed E-state index contributed by atoms with van der Waals surface area (Å²) in [5.74, 6) is -1.58. The predicted molar refractivity (Wildman–Crippen MR) is 155 cm³/mol. The van der Waals surface area contributed by atoms with Crippen LogP contribution in [0.4, 0.5) is 22.7 Å². The zero-order valence-electron chi connectivity index (χ0n) is 22.4. The molecule has 0 fully saturated rings. The number of anilines is 4. The van der Waals surface area contributed by atoms with E-state index in [0.717, 1.165) is 22.3 Å². The molecule has 216 valence electrons. The van der Waals surface area contributed by atoms with Gasteiger partial charge in [0, 0.05) is 22.7 Å². The van der Waals surface area contributed by atoms with Crippen LogP contribution in [0.3, 0.4) is 0 Å². The van der Waals surface area contributed by atoms with Crippen LogP contribution in [0.1, 0.15) is 35.1 Å². The minimum Gasteiger partial charge on any atom is -1.00 e. The maximum atomic E-state index is 12.4. The molecule has 4 aromatic carbocycles. The summed E-state index contributed by atoms with van der Waals surface area (Å²) in [7, 11) is 0. The molecule has 0 spiro atoms. The van der Waals surface area contributed by atoms with E-state index in [1.54, 1.807) is 48.5 Å². The minimum atomic E-state index is -0.396. The third-order valence-corrected chi connectivity index (χ3v) is 6.41. The number of carbonyl (C=O) groups excluding carboxylic acids is 4. The van der Waals surface area contributed by atoms with Crippen LogP contribution in [0.25, 0.3) is 0 Å². The monoisotopic (exact) mass is 625 g/mol. The Morgan fingerprint density at radius 1 is 0.333 bits per heavy atom. The van der Waals surface area contributed by atoms with Crippen LogP contribution in [0.5, 0.6) is 0 Å². The fourth-order valence-electron chi connectivity index (χ4n) is 4.41. The summed E-state index contributed by atoms with van der Waals surface area (Å²) in [6, 6.07) is 29.7. The van der Waals surface area contributed by atoms with Gasteiger partial charge in [0.2, 0.25) is 23.6 Å². The zero-order valence-corrected chi connectivity index (χ0v) is 24.1. The third-order valence-electron chi connectivity index (χ3n) is 6.41. The Morgan fingerprint density at radius 3 is 0.714 bits per heavy atom. The molecular weight excluding hydrogens is 599 g/mol. The molecule has 7 aliphatic heterocycles. The van der Waals surface area contributed by atoms with E-state index in [1.807, 2.05) is 48.5 Å². The van der Waals surface area contributed by atoms with Gasteiger partial charge in [-0.15, -0.1) is 0 Å². The summed E-state index contributed by atoms with van der Waals surface area (Å²) in [6.07, 6.45) is 0.722. The first-order chi connectivity index (χ1) is 19.4. The molecule has 0 saturated heterocycles. The Morgan fingerprint density at radius 2 is 0.524 bits per heavy atom. The molecule has 7 heterocycles. The Balaban J connectivity index is 0.00000242. The Kier molecular flexibility index (Phi) is 11.4. The van der Waals surface area contributed by atoms with Gasteiger partial charge in [-0.3, -0.25) is 19.2 Å². The minimum absolute atomic E-state index is 0. The maximum absolute atomic E-state index is 12.4. The topological polar surface area (TPSA) is 116 Å². The summed E-state index contributed by atoms with van der Waals surface area (Å²) in [5.41, 5.74) is 6.57. The Hall–Kier alpha value is -4.46. The number of carbonyl (C=O) groups is 4. The second-order valence-corrected chi connectivity index (χ2v) is 9.69. The normalized spacial score (nSPS) is 13.9. The van der Waals surface area contributed by atoms with Crippen LogP contribution in [0.2, 0.25) is 0 Å². The van der Waals surface area contributed by atoms with E-state index in [2.05, 4.69) is 21.3 Å². The standard InChI is InChI=1S/C32H28N4O4.ClH.Ni/c37-29-19-30(38)35-27-13-5-23(6-14-27)18-24-7-15-28(16-8-24)36-32(40)20-31(39)34-26-11-3-22(4-12-26)17-21-1-9-25(33-29)10-2-21;;/h1-16H,17-20H2,(H,33,37)(H,34,39)(H,35,38)(H,36,40);1H;/q;;+2/p-1. The average molecular weight is 627 g/mol. The Labute approximate surface area is 260 Å². The largest absolute Gasteiger partial charge is 2.00 e. The predicted octanol–water partition coefficient (Wildman–Crippen LogP) is 2.12. The van der Waals surface area contributed by atoms with Gasteiger partial charge in [0.05, 0.1) is 0 Å². The smallest absolute Gasteiger partial charge is 1.00 e. The molecule has 8 bridgehead atoms. The average Bonchev–Trinajstić information content (AvgIpc) is 2.92. The number of hydrogen-bond donors (Lipinski definition) is 4. The van der Waals surface area contributed by atoms with Crippen molar-refractivity contribution in [2.75, 3.05) is 21.3 Å². The molecule has 0 unspecified atom stereocenters. The Bertz CT molecular complexity index is 1310. The van der Waals surface area contributed by atoms with Crippen molar-refractivity contribution in [3.63, 3.8) is 0 Å². The van der Waals surface area contributed by atoms with Crippen molar-refractivity contribution >= 4 is 46.4 Å². The molecule has 8 nitrogen and oxygen atoms in total. The van der Waals surface area contributed by atoms with Gasteiger partial charge in [-0.2, -0.15) is 0 Å². The van der Waals surface area contributed by atoms with Crippen molar-refractivity contribution in [3.8, 4) is 0 Å². The quantitative estimate of drug-likeness (QED) is 0.177. The zero-order chi connectivity index (χ0) is 27.9. The first-order valence-electron chi connectivity index (χ1n) is 12.9. The number of halogens is 1. The van der Waals surface area contributed by atoms with Crippen LogP contribution < -0.4 is 33.7 Å². The van der Waals surface area contributed by atoms with Gasteiger partial charge >= 0.3 is 16.5 Å². The van der Waals surface area contributed by atoms with E-state index in [-0.39, 0.29) is 41.7 Å². The molecule has 0 saturated carbocycles. The van der Waals surface area contributed by atoms with Gasteiger partial charge in [0.15, 0.2) is 0 Å². The molecule has 4 aromatic rings. The van der Waals surface area contributed by atoms with Crippen molar-refractivity contribution < 1.29 is 48.1 Å².